The Bertz CT molecular complexity index is 815. The van der Waals surface area contributed by atoms with E-state index in [2.05, 4.69) is 15.0 Å². The standard InChI is InChI=1S/C13H17N5O5/c1-13(2)21-3-5-8(23-13)7(19)11(22-5)18-4-15-6-9(18)16-12(14)17-10(6)20/h4-5,7-8,11,19H,3H2,1-2H3,(H3,14,16,17,20). The topological polar surface area (TPSA) is 138 Å². The van der Waals surface area contributed by atoms with Crippen LogP contribution in [0.15, 0.2) is 11.1 Å². The van der Waals surface area contributed by atoms with E-state index in [1.807, 2.05) is 0 Å². The van der Waals surface area contributed by atoms with Crippen LogP contribution in [0.25, 0.3) is 11.2 Å². The van der Waals surface area contributed by atoms with E-state index in [0.717, 1.165) is 0 Å². The lowest BCUT2D eigenvalue weighted by molar-refractivity contribution is -0.300. The van der Waals surface area contributed by atoms with Crippen molar-refractivity contribution in [2.45, 2.75) is 44.2 Å². The summed E-state index contributed by atoms with van der Waals surface area (Å²) in [4.78, 5) is 22.3. The molecule has 2 aliphatic rings. The Morgan fingerprint density at radius 1 is 1.52 bits per heavy atom. The molecule has 0 saturated carbocycles. The minimum atomic E-state index is -0.956. The van der Waals surface area contributed by atoms with Crippen LogP contribution >= 0.6 is 0 Å². The first-order valence-corrected chi connectivity index (χ1v) is 7.23. The number of nitrogen functional groups attached to an aromatic ring is 1. The monoisotopic (exact) mass is 323 g/mol. The third-order valence-corrected chi connectivity index (χ3v) is 4.05. The largest absolute Gasteiger partial charge is 0.386 e. The molecule has 0 radical (unpaired) electrons. The third kappa shape index (κ3) is 2.22. The number of aliphatic hydroxyl groups excluding tert-OH is 1. The Labute approximate surface area is 130 Å². The average Bonchev–Trinajstić information content (AvgIpc) is 3.00. The predicted octanol–water partition coefficient (Wildman–Crippen LogP) is -0.888. The van der Waals surface area contributed by atoms with Gasteiger partial charge >= 0.3 is 0 Å². The zero-order valence-corrected chi connectivity index (χ0v) is 12.6. The molecule has 4 rings (SSSR count). The molecule has 0 aliphatic carbocycles. The number of ether oxygens (including phenoxy) is 3. The summed E-state index contributed by atoms with van der Waals surface area (Å²) >= 11 is 0. The molecule has 4 atom stereocenters. The normalized spacial score (nSPS) is 33.0. The number of fused-ring (bicyclic) bond motifs is 2. The molecular weight excluding hydrogens is 306 g/mol. The number of hydrogen-bond donors (Lipinski definition) is 3. The highest BCUT2D eigenvalue weighted by atomic mass is 16.7. The quantitative estimate of drug-likeness (QED) is 0.614. The average molecular weight is 323 g/mol. The van der Waals surface area contributed by atoms with Crippen molar-refractivity contribution >= 4 is 17.1 Å². The maximum atomic E-state index is 11.8. The molecule has 2 saturated heterocycles. The molecule has 4 heterocycles. The molecule has 23 heavy (non-hydrogen) atoms. The highest BCUT2D eigenvalue weighted by molar-refractivity contribution is 5.70. The minimum absolute atomic E-state index is 0.0325. The molecule has 0 spiro atoms. The second-order valence-corrected chi connectivity index (χ2v) is 6.12. The van der Waals surface area contributed by atoms with Gasteiger partial charge < -0.3 is 25.1 Å². The van der Waals surface area contributed by atoms with Crippen LogP contribution in [0.3, 0.4) is 0 Å². The lowest BCUT2D eigenvalue weighted by Crippen LogP contribution is -2.50. The van der Waals surface area contributed by atoms with Crippen molar-refractivity contribution in [3.8, 4) is 0 Å². The molecule has 2 aliphatic heterocycles. The molecule has 0 bridgehead atoms. The van der Waals surface area contributed by atoms with Crippen molar-refractivity contribution in [1.82, 2.24) is 19.5 Å². The molecular formula is C13H17N5O5. The van der Waals surface area contributed by atoms with E-state index in [4.69, 9.17) is 19.9 Å². The van der Waals surface area contributed by atoms with Gasteiger partial charge in [0.2, 0.25) is 5.95 Å². The van der Waals surface area contributed by atoms with Gasteiger partial charge in [-0.15, -0.1) is 0 Å². The summed E-state index contributed by atoms with van der Waals surface area (Å²) in [6.45, 7) is 3.85. The third-order valence-electron chi connectivity index (χ3n) is 4.05. The van der Waals surface area contributed by atoms with Gasteiger partial charge in [-0.25, -0.2) is 4.98 Å². The maximum absolute atomic E-state index is 11.8. The van der Waals surface area contributed by atoms with Crippen LogP contribution in [0.5, 0.6) is 0 Å². The smallest absolute Gasteiger partial charge is 0.280 e. The molecule has 2 aromatic rings. The SMILES string of the molecule is CC1(C)OCC2OC(n3cnc4c(=O)[nH]c(N)nc43)C(O)C2O1. The molecule has 0 amide bonds. The molecule has 2 fully saturated rings. The summed E-state index contributed by atoms with van der Waals surface area (Å²) in [7, 11) is 0. The molecule has 10 nitrogen and oxygen atoms in total. The fourth-order valence-corrected chi connectivity index (χ4v) is 3.00. The van der Waals surface area contributed by atoms with E-state index in [0.29, 0.717) is 6.61 Å². The summed E-state index contributed by atoms with van der Waals surface area (Å²) in [5.74, 6) is -0.827. The first-order valence-electron chi connectivity index (χ1n) is 7.23. The van der Waals surface area contributed by atoms with Crippen molar-refractivity contribution in [2.24, 2.45) is 0 Å². The summed E-state index contributed by atoms with van der Waals surface area (Å²) in [6.07, 6.45) is -1.31. The lowest BCUT2D eigenvalue weighted by Gasteiger charge is -2.37. The van der Waals surface area contributed by atoms with Gasteiger partial charge in [-0.2, -0.15) is 4.98 Å². The molecule has 124 valence electrons. The first kappa shape index (κ1) is 14.6. The lowest BCUT2D eigenvalue weighted by atomic mass is 10.1. The zero-order chi connectivity index (χ0) is 16.4. The van der Waals surface area contributed by atoms with Crippen LogP contribution in [-0.4, -0.2) is 55.3 Å². The van der Waals surface area contributed by atoms with Crippen LogP contribution in [0.1, 0.15) is 20.1 Å². The van der Waals surface area contributed by atoms with E-state index in [1.165, 1.54) is 10.9 Å². The second-order valence-electron chi connectivity index (χ2n) is 6.12. The van der Waals surface area contributed by atoms with Crippen molar-refractivity contribution in [1.29, 1.82) is 0 Å². The van der Waals surface area contributed by atoms with Gasteiger partial charge in [-0.3, -0.25) is 14.3 Å². The number of aromatic nitrogens is 4. The Hall–Kier alpha value is -2.01. The number of H-pyrrole nitrogens is 1. The summed E-state index contributed by atoms with van der Waals surface area (Å²) in [5, 5.41) is 10.6. The number of aliphatic hydroxyl groups is 1. The van der Waals surface area contributed by atoms with Crippen LogP contribution < -0.4 is 11.3 Å². The van der Waals surface area contributed by atoms with Crippen LogP contribution in [0, 0.1) is 0 Å². The highest BCUT2D eigenvalue weighted by Gasteiger charge is 2.51. The first-order chi connectivity index (χ1) is 10.9. The van der Waals surface area contributed by atoms with Crippen LogP contribution in [0.2, 0.25) is 0 Å². The summed E-state index contributed by atoms with van der Waals surface area (Å²) < 4.78 is 18.6. The number of hydrogen-bond acceptors (Lipinski definition) is 8. The van der Waals surface area contributed by atoms with Crippen molar-refractivity contribution in [2.75, 3.05) is 12.3 Å². The Balaban J connectivity index is 1.73. The summed E-state index contributed by atoms with van der Waals surface area (Å²) in [5.41, 5.74) is 5.51. The Kier molecular flexibility index (Phi) is 3.00. The van der Waals surface area contributed by atoms with Gasteiger partial charge in [0.1, 0.15) is 18.3 Å². The number of anilines is 1. The fraction of sp³-hybridized carbons (Fsp3) is 0.615. The molecule has 4 N–H and O–H groups in total. The van der Waals surface area contributed by atoms with Gasteiger partial charge in [0.05, 0.1) is 12.9 Å². The Morgan fingerprint density at radius 2 is 2.30 bits per heavy atom. The van der Waals surface area contributed by atoms with Crippen LogP contribution in [0.4, 0.5) is 5.95 Å². The van der Waals surface area contributed by atoms with E-state index in [9.17, 15) is 9.90 Å². The van der Waals surface area contributed by atoms with E-state index >= 15 is 0 Å². The van der Waals surface area contributed by atoms with Gasteiger partial charge in [-0.05, 0) is 13.8 Å². The van der Waals surface area contributed by atoms with E-state index in [1.54, 1.807) is 13.8 Å². The fourth-order valence-electron chi connectivity index (χ4n) is 3.00. The van der Waals surface area contributed by atoms with Gasteiger partial charge in [-0.1, -0.05) is 0 Å². The molecule has 10 heteroatoms. The van der Waals surface area contributed by atoms with Gasteiger partial charge in [0.25, 0.3) is 5.56 Å². The van der Waals surface area contributed by atoms with Crippen molar-refractivity contribution in [3.05, 3.63) is 16.7 Å². The van der Waals surface area contributed by atoms with Gasteiger partial charge in [0, 0.05) is 0 Å². The number of nitrogens with zero attached hydrogens (tertiary/aromatic N) is 3. The number of nitrogens with two attached hydrogens (primary N) is 1. The number of nitrogens with one attached hydrogen (secondary N) is 1. The number of imidazole rings is 1. The highest BCUT2D eigenvalue weighted by Crippen LogP contribution is 2.38. The van der Waals surface area contributed by atoms with E-state index < -0.39 is 35.9 Å². The van der Waals surface area contributed by atoms with E-state index in [-0.39, 0.29) is 17.1 Å². The zero-order valence-electron chi connectivity index (χ0n) is 12.6. The maximum Gasteiger partial charge on any atom is 0.280 e. The van der Waals surface area contributed by atoms with Crippen LogP contribution in [-0.2, 0) is 14.2 Å². The molecule has 0 aromatic carbocycles. The number of aromatic amines is 1. The molecule has 4 unspecified atom stereocenters. The summed E-state index contributed by atoms with van der Waals surface area (Å²) in [6, 6.07) is 0. The Morgan fingerprint density at radius 3 is 3.09 bits per heavy atom. The molecule has 2 aromatic heterocycles. The second kappa shape index (κ2) is 4.74. The predicted molar refractivity (Wildman–Crippen MR) is 77.4 cm³/mol. The number of rotatable bonds is 1. The van der Waals surface area contributed by atoms with Crippen molar-refractivity contribution < 1.29 is 19.3 Å². The minimum Gasteiger partial charge on any atom is -0.386 e. The van der Waals surface area contributed by atoms with Crippen molar-refractivity contribution in [3.63, 3.8) is 0 Å². The van der Waals surface area contributed by atoms with Gasteiger partial charge in [0.15, 0.2) is 23.2 Å².